The van der Waals surface area contributed by atoms with Crippen molar-refractivity contribution in [2.75, 3.05) is 13.1 Å². The van der Waals surface area contributed by atoms with Gasteiger partial charge in [0, 0.05) is 6.54 Å². The molecule has 82 valence electrons. The van der Waals surface area contributed by atoms with Crippen LogP contribution in [0.25, 0.3) is 0 Å². The van der Waals surface area contributed by atoms with Crippen LogP contribution in [0.15, 0.2) is 0 Å². The van der Waals surface area contributed by atoms with Crippen LogP contribution < -0.4 is 5.32 Å². The maximum atomic E-state index is 11.8. The van der Waals surface area contributed by atoms with Gasteiger partial charge in [0.15, 0.2) is 0 Å². The molecule has 1 saturated heterocycles. The molecule has 1 aliphatic rings. The lowest BCUT2D eigenvalue weighted by atomic mass is 9.88. The molecule has 0 aromatic rings. The van der Waals surface area contributed by atoms with Gasteiger partial charge in [0.25, 0.3) is 0 Å². The largest absolute Gasteiger partial charge is 0.460 e. The molecule has 0 spiro atoms. The van der Waals surface area contributed by atoms with E-state index in [9.17, 15) is 4.79 Å². The number of hydrogen-bond acceptors (Lipinski definition) is 3. The summed E-state index contributed by atoms with van der Waals surface area (Å²) in [6.07, 6.45) is 1.06. The van der Waals surface area contributed by atoms with Gasteiger partial charge in [-0.3, -0.25) is 4.79 Å². The molecule has 0 aromatic carbocycles. The van der Waals surface area contributed by atoms with Gasteiger partial charge in [0.1, 0.15) is 5.60 Å². The first-order valence-corrected chi connectivity index (χ1v) is 5.34. The Balaban J connectivity index is 2.50. The summed E-state index contributed by atoms with van der Waals surface area (Å²) in [6, 6.07) is 0. The van der Waals surface area contributed by atoms with Crippen LogP contribution in [-0.4, -0.2) is 24.7 Å². The second-order valence-electron chi connectivity index (χ2n) is 5.11. The van der Waals surface area contributed by atoms with Gasteiger partial charge in [0.05, 0.1) is 5.92 Å². The Bertz CT molecular complexity index is 208. The second-order valence-corrected chi connectivity index (χ2v) is 5.11. The van der Waals surface area contributed by atoms with E-state index in [-0.39, 0.29) is 17.5 Å². The smallest absolute Gasteiger partial charge is 0.311 e. The Labute approximate surface area is 86.2 Å². The number of nitrogens with one attached hydrogen (secondary N) is 1. The zero-order chi connectivity index (χ0) is 10.8. The van der Waals surface area contributed by atoms with Crippen LogP contribution in [0.2, 0.25) is 0 Å². The summed E-state index contributed by atoms with van der Waals surface area (Å²) in [6.45, 7) is 9.62. The summed E-state index contributed by atoms with van der Waals surface area (Å²) in [5.74, 6) is 0.409. The van der Waals surface area contributed by atoms with Crippen LogP contribution in [0.1, 0.15) is 34.1 Å². The van der Waals surface area contributed by atoms with Crippen molar-refractivity contribution in [2.24, 2.45) is 11.8 Å². The highest BCUT2D eigenvalue weighted by molar-refractivity contribution is 5.73. The summed E-state index contributed by atoms with van der Waals surface area (Å²) in [7, 11) is 0. The fourth-order valence-electron chi connectivity index (χ4n) is 1.68. The number of carbonyl (C=O) groups is 1. The average Bonchev–Trinajstić information content (AvgIpc) is 2.01. The van der Waals surface area contributed by atoms with Crippen LogP contribution in [0.3, 0.4) is 0 Å². The number of esters is 1. The average molecular weight is 199 g/mol. The molecule has 1 N–H and O–H groups in total. The molecule has 1 rings (SSSR count). The molecule has 14 heavy (non-hydrogen) atoms. The summed E-state index contributed by atoms with van der Waals surface area (Å²) in [4.78, 5) is 11.8. The minimum atomic E-state index is -0.367. The molecule has 0 unspecified atom stereocenters. The molecule has 0 aromatic heterocycles. The molecule has 0 aliphatic carbocycles. The van der Waals surface area contributed by atoms with Gasteiger partial charge in [-0.25, -0.2) is 0 Å². The van der Waals surface area contributed by atoms with Crippen molar-refractivity contribution in [3.05, 3.63) is 0 Å². The number of hydrogen-bond donors (Lipinski definition) is 1. The van der Waals surface area contributed by atoms with E-state index in [1.54, 1.807) is 0 Å². The van der Waals surface area contributed by atoms with Crippen molar-refractivity contribution in [2.45, 2.75) is 39.7 Å². The molecule has 3 heteroatoms. The zero-order valence-corrected chi connectivity index (χ0v) is 9.59. The van der Waals surface area contributed by atoms with Crippen LogP contribution in [0.4, 0.5) is 0 Å². The number of rotatable bonds is 1. The van der Waals surface area contributed by atoms with Crippen molar-refractivity contribution in [1.82, 2.24) is 5.32 Å². The molecule has 2 atom stereocenters. The summed E-state index contributed by atoms with van der Waals surface area (Å²) < 4.78 is 5.37. The molecule has 1 heterocycles. The molecule has 0 radical (unpaired) electrons. The van der Waals surface area contributed by atoms with Gasteiger partial charge in [0.2, 0.25) is 0 Å². The first kappa shape index (κ1) is 11.5. The SMILES string of the molecule is C[C@H]1CCNC[C@@H]1C(=O)OC(C)(C)C. The van der Waals surface area contributed by atoms with Crippen molar-refractivity contribution in [3.8, 4) is 0 Å². The highest BCUT2D eigenvalue weighted by atomic mass is 16.6. The van der Waals surface area contributed by atoms with E-state index in [0.717, 1.165) is 19.5 Å². The topological polar surface area (TPSA) is 38.3 Å². The molecule has 1 aliphatic heterocycles. The lowest BCUT2D eigenvalue weighted by Gasteiger charge is -2.30. The lowest BCUT2D eigenvalue weighted by molar-refractivity contribution is -0.162. The van der Waals surface area contributed by atoms with Crippen LogP contribution in [-0.2, 0) is 9.53 Å². The van der Waals surface area contributed by atoms with Crippen molar-refractivity contribution in [1.29, 1.82) is 0 Å². The Kier molecular flexibility index (Phi) is 3.53. The monoisotopic (exact) mass is 199 g/mol. The van der Waals surface area contributed by atoms with Gasteiger partial charge >= 0.3 is 5.97 Å². The van der Waals surface area contributed by atoms with Crippen molar-refractivity contribution < 1.29 is 9.53 Å². The second kappa shape index (κ2) is 4.30. The zero-order valence-electron chi connectivity index (χ0n) is 9.59. The van der Waals surface area contributed by atoms with E-state index >= 15 is 0 Å². The highest BCUT2D eigenvalue weighted by Gasteiger charge is 2.31. The maximum absolute atomic E-state index is 11.8. The number of carbonyl (C=O) groups excluding carboxylic acids is 1. The predicted octanol–water partition coefficient (Wildman–Crippen LogP) is 1.57. The number of piperidine rings is 1. The normalized spacial score (nSPS) is 28.6. The summed E-state index contributed by atoms with van der Waals surface area (Å²) in [5, 5.41) is 3.23. The fourth-order valence-corrected chi connectivity index (χ4v) is 1.68. The van der Waals surface area contributed by atoms with Crippen molar-refractivity contribution in [3.63, 3.8) is 0 Å². The quantitative estimate of drug-likeness (QED) is 0.651. The Morgan fingerprint density at radius 1 is 1.43 bits per heavy atom. The van der Waals surface area contributed by atoms with E-state index in [1.807, 2.05) is 20.8 Å². The van der Waals surface area contributed by atoms with Gasteiger partial charge in [-0.2, -0.15) is 0 Å². The van der Waals surface area contributed by atoms with Crippen LogP contribution in [0.5, 0.6) is 0 Å². The minimum absolute atomic E-state index is 0.0305. The molecular formula is C11H21NO2. The lowest BCUT2D eigenvalue weighted by Crippen LogP contribution is -2.42. The predicted molar refractivity (Wildman–Crippen MR) is 56.0 cm³/mol. The van der Waals surface area contributed by atoms with Gasteiger partial charge in [-0.05, 0) is 39.7 Å². The first-order valence-electron chi connectivity index (χ1n) is 5.34. The fraction of sp³-hybridized carbons (Fsp3) is 0.909. The maximum Gasteiger partial charge on any atom is 0.311 e. The molecule has 0 saturated carbocycles. The van der Waals surface area contributed by atoms with Crippen LogP contribution in [0, 0.1) is 11.8 Å². The van der Waals surface area contributed by atoms with E-state index in [0.29, 0.717) is 5.92 Å². The van der Waals surface area contributed by atoms with Gasteiger partial charge in [-0.15, -0.1) is 0 Å². The number of ether oxygens (including phenoxy) is 1. The molecule has 3 nitrogen and oxygen atoms in total. The summed E-state index contributed by atoms with van der Waals surface area (Å²) in [5.41, 5.74) is -0.367. The molecule has 1 fully saturated rings. The van der Waals surface area contributed by atoms with E-state index < -0.39 is 0 Å². The standard InChI is InChI=1S/C11H21NO2/c1-8-5-6-12-7-9(8)10(13)14-11(2,3)4/h8-9,12H,5-7H2,1-4H3/t8-,9-/m0/s1. The Morgan fingerprint density at radius 3 is 2.57 bits per heavy atom. The van der Waals surface area contributed by atoms with E-state index in [2.05, 4.69) is 12.2 Å². The van der Waals surface area contributed by atoms with Crippen molar-refractivity contribution >= 4 is 5.97 Å². The first-order chi connectivity index (χ1) is 6.40. The van der Waals surface area contributed by atoms with Gasteiger partial charge in [-0.1, -0.05) is 6.92 Å². The van der Waals surface area contributed by atoms with E-state index in [1.165, 1.54) is 0 Å². The summed E-state index contributed by atoms with van der Waals surface area (Å²) >= 11 is 0. The molecule has 0 bridgehead atoms. The third-order valence-electron chi connectivity index (χ3n) is 2.54. The third-order valence-corrected chi connectivity index (χ3v) is 2.54. The van der Waals surface area contributed by atoms with E-state index in [4.69, 9.17) is 4.74 Å². The Hall–Kier alpha value is -0.570. The molecular weight excluding hydrogens is 178 g/mol. The molecule has 0 amide bonds. The van der Waals surface area contributed by atoms with Crippen LogP contribution >= 0.6 is 0 Å². The Morgan fingerprint density at radius 2 is 2.07 bits per heavy atom. The third kappa shape index (κ3) is 3.29. The minimum Gasteiger partial charge on any atom is -0.460 e. The highest BCUT2D eigenvalue weighted by Crippen LogP contribution is 2.22. The van der Waals surface area contributed by atoms with Gasteiger partial charge < -0.3 is 10.1 Å².